The van der Waals surface area contributed by atoms with Crippen molar-refractivity contribution in [2.75, 3.05) is 19.5 Å². The number of thioether (sulfide) groups is 1. The number of methoxy groups -OCH3 is 1. The van der Waals surface area contributed by atoms with Crippen LogP contribution in [0.2, 0.25) is 0 Å². The number of alkyl halides is 1. The first kappa shape index (κ1) is 18.8. The van der Waals surface area contributed by atoms with Gasteiger partial charge in [-0.15, -0.1) is 11.8 Å². The maximum absolute atomic E-state index is 11.9. The lowest BCUT2D eigenvalue weighted by atomic mass is 10.1. The minimum absolute atomic E-state index is 0.00221. The van der Waals surface area contributed by atoms with Crippen LogP contribution < -0.4 is 0 Å². The third kappa shape index (κ3) is 11.3. The van der Waals surface area contributed by atoms with Crippen LogP contribution in [0.4, 0.5) is 4.39 Å². The van der Waals surface area contributed by atoms with Crippen LogP contribution in [0.1, 0.15) is 64.7 Å². The van der Waals surface area contributed by atoms with E-state index in [2.05, 4.69) is 6.92 Å². The number of hydrogen-bond donors (Lipinski definition) is 0. The van der Waals surface area contributed by atoms with Gasteiger partial charge in [-0.3, -0.25) is 9.18 Å². The Morgan fingerprint density at radius 3 is 2.42 bits per heavy atom. The van der Waals surface area contributed by atoms with Crippen LogP contribution in [0.25, 0.3) is 0 Å². The lowest BCUT2D eigenvalue weighted by molar-refractivity contribution is -0.140. The second kappa shape index (κ2) is 14.2. The molecule has 0 aromatic heterocycles. The fourth-order valence-corrected chi connectivity index (χ4v) is 3.15. The van der Waals surface area contributed by atoms with E-state index in [1.54, 1.807) is 11.8 Å². The zero-order valence-corrected chi connectivity index (χ0v) is 13.3. The average molecular weight is 292 g/mol. The average Bonchev–Trinajstić information content (AvgIpc) is 2.43. The molecule has 0 heterocycles. The Hall–Kier alpha value is -0.250. The molecule has 0 aliphatic carbocycles. The molecule has 19 heavy (non-hydrogen) atoms. The molecular formula is C15H29FO2S. The predicted octanol–water partition coefficient (Wildman–Crippen LogP) is 4.76. The second-order valence-corrected chi connectivity index (χ2v) is 6.15. The molecule has 0 spiro atoms. The summed E-state index contributed by atoms with van der Waals surface area (Å²) in [5, 5.41) is 0.00221. The van der Waals surface area contributed by atoms with Gasteiger partial charge in [0.2, 0.25) is 0 Å². The topological polar surface area (TPSA) is 26.3 Å². The Labute approximate surface area is 121 Å². The summed E-state index contributed by atoms with van der Waals surface area (Å²) in [6.07, 6.45) is 9.39. The van der Waals surface area contributed by atoms with Crippen molar-refractivity contribution in [2.24, 2.45) is 0 Å². The first-order valence-corrected chi connectivity index (χ1v) is 8.56. The molecule has 0 saturated heterocycles. The molecule has 0 aliphatic rings. The Bertz CT molecular complexity index is 212. The van der Waals surface area contributed by atoms with E-state index in [1.165, 1.54) is 20.0 Å². The zero-order chi connectivity index (χ0) is 14.3. The van der Waals surface area contributed by atoms with Crippen molar-refractivity contribution in [1.29, 1.82) is 0 Å². The molecule has 114 valence electrons. The molecule has 4 heteroatoms. The normalized spacial score (nSPS) is 12.4. The van der Waals surface area contributed by atoms with Crippen LogP contribution in [0, 0.1) is 0 Å². The van der Waals surface area contributed by atoms with Gasteiger partial charge in [-0.25, -0.2) is 0 Å². The standard InChI is InChI=1S/C15H29FO2S/c1-3-4-8-11-14(15(17)18-2)19-13-10-7-5-6-9-12-16/h14H,3-13H2,1-2H3. The molecule has 0 radical (unpaired) electrons. The van der Waals surface area contributed by atoms with E-state index < -0.39 is 0 Å². The van der Waals surface area contributed by atoms with Gasteiger partial charge >= 0.3 is 5.97 Å². The second-order valence-electron chi connectivity index (χ2n) is 4.84. The molecule has 0 aromatic carbocycles. The van der Waals surface area contributed by atoms with E-state index in [0.29, 0.717) is 6.42 Å². The van der Waals surface area contributed by atoms with Gasteiger partial charge in [0.15, 0.2) is 0 Å². The number of esters is 1. The van der Waals surface area contributed by atoms with E-state index in [4.69, 9.17) is 4.74 Å². The van der Waals surface area contributed by atoms with Crippen LogP contribution in [0.15, 0.2) is 0 Å². The molecule has 1 atom stereocenters. The number of hydrogen-bond acceptors (Lipinski definition) is 3. The van der Waals surface area contributed by atoms with E-state index in [-0.39, 0.29) is 17.9 Å². The first-order chi connectivity index (χ1) is 9.26. The van der Waals surface area contributed by atoms with Gasteiger partial charge in [0.1, 0.15) is 5.25 Å². The summed E-state index contributed by atoms with van der Waals surface area (Å²) in [4.78, 5) is 11.6. The minimum atomic E-state index is -0.198. The Morgan fingerprint density at radius 1 is 1.11 bits per heavy atom. The highest BCUT2D eigenvalue weighted by Crippen LogP contribution is 2.21. The highest BCUT2D eigenvalue weighted by molar-refractivity contribution is 8.00. The van der Waals surface area contributed by atoms with Crippen molar-refractivity contribution >= 4 is 17.7 Å². The zero-order valence-electron chi connectivity index (χ0n) is 12.5. The smallest absolute Gasteiger partial charge is 0.318 e. The fourth-order valence-electron chi connectivity index (χ4n) is 1.93. The Kier molecular flexibility index (Phi) is 14.0. The lowest BCUT2D eigenvalue weighted by Crippen LogP contribution is -2.19. The largest absolute Gasteiger partial charge is 0.468 e. The summed E-state index contributed by atoms with van der Waals surface area (Å²) in [6.45, 7) is 1.97. The molecule has 0 aliphatic heterocycles. The number of carbonyl (C=O) groups is 1. The van der Waals surface area contributed by atoms with Crippen LogP contribution in [0.5, 0.6) is 0 Å². The van der Waals surface area contributed by atoms with Crippen molar-refractivity contribution in [1.82, 2.24) is 0 Å². The molecule has 0 amide bonds. The Balaban J connectivity index is 3.64. The van der Waals surface area contributed by atoms with Crippen molar-refractivity contribution in [3.63, 3.8) is 0 Å². The monoisotopic (exact) mass is 292 g/mol. The van der Waals surface area contributed by atoms with Crippen LogP contribution in [-0.4, -0.2) is 30.8 Å². The van der Waals surface area contributed by atoms with Gasteiger partial charge in [-0.2, -0.15) is 0 Å². The summed E-state index contributed by atoms with van der Waals surface area (Å²) in [5.41, 5.74) is 0. The van der Waals surface area contributed by atoms with Crippen LogP contribution in [-0.2, 0) is 9.53 Å². The van der Waals surface area contributed by atoms with Crippen molar-refractivity contribution in [3.8, 4) is 0 Å². The van der Waals surface area contributed by atoms with Crippen molar-refractivity contribution in [2.45, 2.75) is 70.0 Å². The molecule has 0 N–H and O–H groups in total. The van der Waals surface area contributed by atoms with Gasteiger partial charge in [0, 0.05) is 0 Å². The van der Waals surface area contributed by atoms with Crippen molar-refractivity contribution < 1.29 is 13.9 Å². The summed E-state index contributed by atoms with van der Waals surface area (Å²) >= 11 is 1.72. The van der Waals surface area contributed by atoms with Crippen LogP contribution >= 0.6 is 11.8 Å². The fraction of sp³-hybridized carbons (Fsp3) is 0.933. The summed E-state index contributed by atoms with van der Waals surface area (Å²) in [5.74, 6) is 0.917. The van der Waals surface area contributed by atoms with E-state index in [1.807, 2.05) is 0 Å². The Morgan fingerprint density at radius 2 is 1.79 bits per heavy atom. The molecule has 1 unspecified atom stereocenters. The number of carbonyl (C=O) groups excluding carboxylic acids is 1. The van der Waals surface area contributed by atoms with E-state index >= 15 is 0 Å². The molecule has 0 aromatic rings. The highest BCUT2D eigenvalue weighted by atomic mass is 32.2. The number of rotatable bonds is 13. The lowest BCUT2D eigenvalue weighted by Gasteiger charge is -2.13. The van der Waals surface area contributed by atoms with Gasteiger partial charge in [0.05, 0.1) is 13.8 Å². The van der Waals surface area contributed by atoms with Gasteiger partial charge < -0.3 is 4.74 Å². The maximum Gasteiger partial charge on any atom is 0.318 e. The minimum Gasteiger partial charge on any atom is -0.468 e. The van der Waals surface area contributed by atoms with Gasteiger partial charge in [0.25, 0.3) is 0 Å². The van der Waals surface area contributed by atoms with E-state index in [0.717, 1.165) is 44.3 Å². The molecule has 2 nitrogen and oxygen atoms in total. The van der Waals surface area contributed by atoms with Gasteiger partial charge in [-0.1, -0.05) is 45.4 Å². The maximum atomic E-state index is 11.9. The SMILES string of the molecule is CCCCCC(SCCCCCCCF)C(=O)OC. The number of halogens is 1. The van der Waals surface area contributed by atoms with E-state index in [9.17, 15) is 9.18 Å². The molecule has 0 bridgehead atoms. The predicted molar refractivity (Wildman–Crippen MR) is 81.5 cm³/mol. The molecular weight excluding hydrogens is 263 g/mol. The third-order valence-electron chi connectivity index (χ3n) is 3.13. The molecule has 0 rings (SSSR count). The molecule has 0 saturated carbocycles. The third-order valence-corrected chi connectivity index (χ3v) is 4.49. The first-order valence-electron chi connectivity index (χ1n) is 7.51. The molecule has 0 fully saturated rings. The van der Waals surface area contributed by atoms with Crippen molar-refractivity contribution in [3.05, 3.63) is 0 Å². The summed E-state index contributed by atoms with van der Waals surface area (Å²) < 4.78 is 16.7. The number of ether oxygens (including phenoxy) is 1. The number of unbranched alkanes of at least 4 members (excludes halogenated alkanes) is 6. The summed E-state index contributed by atoms with van der Waals surface area (Å²) in [6, 6.07) is 0. The highest BCUT2D eigenvalue weighted by Gasteiger charge is 2.18. The summed E-state index contributed by atoms with van der Waals surface area (Å²) in [7, 11) is 1.46. The van der Waals surface area contributed by atoms with Crippen LogP contribution in [0.3, 0.4) is 0 Å². The van der Waals surface area contributed by atoms with Gasteiger partial charge in [-0.05, 0) is 25.0 Å². The quantitative estimate of drug-likeness (QED) is 0.361.